The molecule has 6 heteroatoms. The van der Waals surface area contributed by atoms with Crippen molar-refractivity contribution < 1.29 is 19.8 Å². The number of aliphatic hydroxyl groups is 1. The van der Waals surface area contributed by atoms with Crippen LogP contribution in [0.15, 0.2) is 0 Å². The van der Waals surface area contributed by atoms with Crippen molar-refractivity contribution in [2.45, 2.75) is 62.9 Å². The molecule has 6 nitrogen and oxygen atoms in total. The number of nitrogens with one attached hydrogen (secondary N) is 1. The molecule has 0 heterocycles. The molecule has 20 heavy (non-hydrogen) atoms. The molecule has 0 bridgehead atoms. The monoisotopic (exact) mass is 284 g/mol. The standard InChI is InChI=1S/C14H24N2O4/c17-10-9-16(11-5-4-6-11)13(20)15-14(12(18)19)7-2-1-3-8-14/h11,17H,1-10H2,(H,15,20)(H,18,19). The van der Waals surface area contributed by atoms with Gasteiger partial charge in [-0.3, -0.25) is 0 Å². The Morgan fingerprint density at radius 1 is 1.15 bits per heavy atom. The summed E-state index contributed by atoms with van der Waals surface area (Å²) in [5, 5.41) is 21.3. The molecular weight excluding hydrogens is 260 g/mol. The lowest BCUT2D eigenvalue weighted by Crippen LogP contribution is -2.61. The van der Waals surface area contributed by atoms with Gasteiger partial charge in [0, 0.05) is 12.6 Å². The molecule has 2 saturated carbocycles. The van der Waals surface area contributed by atoms with Crippen molar-refractivity contribution >= 4 is 12.0 Å². The van der Waals surface area contributed by atoms with Crippen molar-refractivity contribution in [3.8, 4) is 0 Å². The van der Waals surface area contributed by atoms with E-state index >= 15 is 0 Å². The van der Waals surface area contributed by atoms with Gasteiger partial charge in [-0.1, -0.05) is 19.3 Å². The van der Waals surface area contributed by atoms with Gasteiger partial charge in [0.15, 0.2) is 0 Å². The highest BCUT2D eigenvalue weighted by molar-refractivity contribution is 5.86. The second-order valence-electron chi connectivity index (χ2n) is 5.88. The summed E-state index contributed by atoms with van der Waals surface area (Å²) >= 11 is 0. The highest BCUT2D eigenvalue weighted by atomic mass is 16.4. The Hall–Kier alpha value is -1.30. The Morgan fingerprint density at radius 3 is 2.25 bits per heavy atom. The molecule has 0 radical (unpaired) electrons. The summed E-state index contributed by atoms with van der Waals surface area (Å²) in [7, 11) is 0. The Kier molecular flexibility index (Phi) is 4.86. The maximum atomic E-state index is 12.4. The molecule has 0 aromatic carbocycles. The van der Waals surface area contributed by atoms with Crippen LogP contribution in [0.1, 0.15) is 51.4 Å². The zero-order chi connectivity index (χ0) is 14.6. The van der Waals surface area contributed by atoms with Gasteiger partial charge in [0.05, 0.1) is 6.61 Å². The lowest BCUT2D eigenvalue weighted by molar-refractivity contribution is -0.146. The smallest absolute Gasteiger partial charge is 0.329 e. The SMILES string of the molecule is O=C(NC1(C(=O)O)CCCCC1)N(CCO)C1CCC1. The van der Waals surface area contributed by atoms with E-state index < -0.39 is 11.5 Å². The molecule has 2 rings (SSSR count). The van der Waals surface area contributed by atoms with Crippen LogP contribution in [0.4, 0.5) is 4.79 Å². The summed E-state index contributed by atoms with van der Waals surface area (Å²) in [4.78, 5) is 25.5. The van der Waals surface area contributed by atoms with Crippen molar-refractivity contribution in [2.24, 2.45) is 0 Å². The number of hydrogen-bond acceptors (Lipinski definition) is 3. The predicted molar refractivity (Wildman–Crippen MR) is 73.4 cm³/mol. The zero-order valence-corrected chi connectivity index (χ0v) is 11.8. The van der Waals surface area contributed by atoms with Crippen LogP contribution in [0, 0.1) is 0 Å². The van der Waals surface area contributed by atoms with Crippen LogP contribution in [0.5, 0.6) is 0 Å². The summed E-state index contributed by atoms with van der Waals surface area (Å²) in [5.74, 6) is -0.942. The molecule has 0 aliphatic heterocycles. The van der Waals surface area contributed by atoms with Gasteiger partial charge in [0.2, 0.25) is 0 Å². The van der Waals surface area contributed by atoms with E-state index in [4.69, 9.17) is 5.11 Å². The van der Waals surface area contributed by atoms with E-state index in [9.17, 15) is 14.7 Å². The molecule has 2 fully saturated rings. The molecule has 0 saturated heterocycles. The fraction of sp³-hybridized carbons (Fsp3) is 0.857. The Morgan fingerprint density at radius 2 is 1.80 bits per heavy atom. The number of carbonyl (C=O) groups is 2. The molecule has 0 aromatic heterocycles. The minimum Gasteiger partial charge on any atom is -0.480 e. The first-order valence-electron chi connectivity index (χ1n) is 7.52. The second kappa shape index (κ2) is 6.43. The highest BCUT2D eigenvalue weighted by Crippen LogP contribution is 2.30. The number of carboxylic acids is 1. The number of nitrogens with zero attached hydrogens (tertiary/aromatic N) is 1. The molecule has 0 spiro atoms. The summed E-state index contributed by atoms with van der Waals surface area (Å²) in [5.41, 5.74) is -1.12. The van der Waals surface area contributed by atoms with Gasteiger partial charge in [-0.15, -0.1) is 0 Å². The van der Waals surface area contributed by atoms with Crippen LogP contribution in [-0.4, -0.2) is 51.8 Å². The van der Waals surface area contributed by atoms with E-state index in [0.717, 1.165) is 38.5 Å². The number of hydrogen-bond donors (Lipinski definition) is 3. The number of carbonyl (C=O) groups excluding carboxylic acids is 1. The lowest BCUT2D eigenvalue weighted by Gasteiger charge is -2.41. The normalized spacial score (nSPS) is 21.9. The zero-order valence-electron chi connectivity index (χ0n) is 11.8. The lowest BCUT2D eigenvalue weighted by atomic mass is 9.81. The van der Waals surface area contributed by atoms with Crippen molar-refractivity contribution in [1.29, 1.82) is 0 Å². The maximum Gasteiger partial charge on any atom is 0.329 e. The van der Waals surface area contributed by atoms with Crippen molar-refractivity contribution in [3.63, 3.8) is 0 Å². The van der Waals surface area contributed by atoms with Gasteiger partial charge in [-0.25, -0.2) is 9.59 Å². The second-order valence-corrected chi connectivity index (χ2v) is 5.88. The summed E-state index contributed by atoms with van der Waals surface area (Å²) in [6, 6.07) is -0.190. The molecule has 0 atom stereocenters. The number of aliphatic carboxylic acids is 1. The summed E-state index contributed by atoms with van der Waals surface area (Å²) in [6.45, 7) is 0.177. The predicted octanol–water partition coefficient (Wildman–Crippen LogP) is 1.33. The number of amides is 2. The maximum absolute atomic E-state index is 12.4. The van der Waals surface area contributed by atoms with E-state index in [0.29, 0.717) is 12.8 Å². The highest BCUT2D eigenvalue weighted by Gasteiger charge is 2.42. The van der Waals surface area contributed by atoms with E-state index in [-0.39, 0.29) is 25.2 Å². The molecule has 2 amide bonds. The molecular formula is C14H24N2O4. The van der Waals surface area contributed by atoms with Crippen LogP contribution in [-0.2, 0) is 4.79 Å². The van der Waals surface area contributed by atoms with Gasteiger partial charge < -0.3 is 20.4 Å². The van der Waals surface area contributed by atoms with Crippen molar-refractivity contribution in [1.82, 2.24) is 10.2 Å². The summed E-state index contributed by atoms with van der Waals surface area (Å²) in [6.07, 6.45) is 6.63. The molecule has 0 aromatic rings. The van der Waals surface area contributed by atoms with Crippen LogP contribution in [0.3, 0.4) is 0 Å². The molecule has 3 N–H and O–H groups in total. The van der Waals surface area contributed by atoms with E-state index in [1.165, 1.54) is 0 Å². The third-order valence-electron chi connectivity index (χ3n) is 4.58. The van der Waals surface area contributed by atoms with Gasteiger partial charge in [0.1, 0.15) is 5.54 Å². The van der Waals surface area contributed by atoms with Gasteiger partial charge in [-0.05, 0) is 32.1 Å². The van der Waals surface area contributed by atoms with Gasteiger partial charge in [0.25, 0.3) is 0 Å². The Balaban J connectivity index is 2.04. The van der Waals surface area contributed by atoms with Crippen molar-refractivity contribution in [2.75, 3.05) is 13.2 Å². The largest absolute Gasteiger partial charge is 0.480 e. The van der Waals surface area contributed by atoms with E-state index in [1.807, 2.05) is 0 Å². The molecule has 114 valence electrons. The molecule has 2 aliphatic rings. The number of urea groups is 1. The topological polar surface area (TPSA) is 89.9 Å². The first-order chi connectivity index (χ1) is 9.59. The average molecular weight is 284 g/mol. The minimum atomic E-state index is -1.12. The molecule has 2 aliphatic carbocycles. The fourth-order valence-corrected chi connectivity index (χ4v) is 3.08. The average Bonchev–Trinajstić information content (AvgIpc) is 2.37. The fourth-order valence-electron chi connectivity index (χ4n) is 3.08. The summed E-state index contributed by atoms with van der Waals surface area (Å²) < 4.78 is 0. The van der Waals surface area contributed by atoms with Crippen LogP contribution >= 0.6 is 0 Å². The van der Waals surface area contributed by atoms with Crippen LogP contribution in [0.2, 0.25) is 0 Å². The number of carboxylic acid groups (broad SMARTS) is 1. The third kappa shape index (κ3) is 3.06. The van der Waals surface area contributed by atoms with Gasteiger partial charge >= 0.3 is 12.0 Å². The number of rotatable bonds is 5. The quantitative estimate of drug-likeness (QED) is 0.710. The number of aliphatic hydroxyl groups excluding tert-OH is 1. The molecule has 0 unspecified atom stereocenters. The van der Waals surface area contributed by atoms with E-state index in [1.54, 1.807) is 4.90 Å². The van der Waals surface area contributed by atoms with Crippen LogP contribution < -0.4 is 5.32 Å². The van der Waals surface area contributed by atoms with Crippen molar-refractivity contribution in [3.05, 3.63) is 0 Å². The third-order valence-corrected chi connectivity index (χ3v) is 4.58. The minimum absolute atomic E-state index is 0.0933. The van der Waals surface area contributed by atoms with Crippen LogP contribution in [0.25, 0.3) is 0 Å². The Labute approximate surface area is 119 Å². The first-order valence-corrected chi connectivity index (χ1v) is 7.52. The van der Waals surface area contributed by atoms with Gasteiger partial charge in [-0.2, -0.15) is 0 Å². The van der Waals surface area contributed by atoms with E-state index in [2.05, 4.69) is 5.32 Å². The first kappa shape index (κ1) is 15.1. The Bertz CT molecular complexity index is 362.